The molecule has 138 valence electrons. The predicted molar refractivity (Wildman–Crippen MR) is 107 cm³/mol. The summed E-state index contributed by atoms with van der Waals surface area (Å²) in [4.78, 5) is 24.0. The van der Waals surface area contributed by atoms with Crippen LogP contribution in [0.5, 0.6) is 0 Å². The van der Waals surface area contributed by atoms with Crippen LogP contribution in [0.1, 0.15) is 28.1 Å². The highest BCUT2D eigenvalue weighted by molar-refractivity contribution is 9.10. The molecular formula is C21H19BrN2O3. The van der Waals surface area contributed by atoms with Gasteiger partial charge in [0, 0.05) is 23.1 Å². The number of rotatable bonds is 7. The molecule has 0 aliphatic heterocycles. The molecule has 1 aromatic heterocycles. The summed E-state index contributed by atoms with van der Waals surface area (Å²) in [6, 6.07) is 18.5. The van der Waals surface area contributed by atoms with Gasteiger partial charge in [0.2, 0.25) is 5.91 Å². The first kappa shape index (κ1) is 18.9. The number of hydrogen-bond acceptors (Lipinski definition) is 3. The maximum absolute atomic E-state index is 12.1. The molecule has 2 amide bonds. The van der Waals surface area contributed by atoms with Gasteiger partial charge in [-0.1, -0.05) is 46.3 Å². The fraction of sp³-hybridized carbons (Fsp3) is 0.143. The van der Waals surface area contributed by atoms with Crippen LogP contribution < -0.4 is 10.6 Å². The minimum absolute atomic E-state index is 0.000881. The van der Waals surface area contributed by atoms with Crippen molar-refractivity contribution in [1.82, 2.24) is 5.32 Å². The predicted octanol–water partition coefficient (Wildman–Crippen LogP) is 4.54. The molecule has 3 rings (SSSR count). The third-order valence-corrected chi connectivity index (χ3v) is 4.80. The fourth-order valence-corrected chi connectivity index (χ4v) is 3.03. The zero-order valence-corrected chi connectivity index (χ0v) is 16.2. The summed E-state index contributed by atoms with van der Waals surface area (Å²) < 4.78 is 6.07. The van der Waals surface area contributed by atoms with Crippen molar-refractivity contribution in [1.29, 1.82) is 0 Å². The second-order valence-corrected chi connectivity index (χ2v) is 6.85. The van der Waals surface area contributed by atoms with Crippen LogP contribution in [0.25, 0.3) is 0 Å². The zero-order chi connectivity index (χ0) is 19.1. The Balaban J connectivity index is 1.45. The van der Waals surface area contributed by atoms with Gasteiger partial charge in [-0.05, 0) is 47.9 Å². The van der Waals surface area contributed by atoms with Crippen molar-refractivity contribution >= 4 is 33.4 Å². The van der Waals surface area contributed by atoms with Gasteiger partial charge in [0.15, 0.2) is 5.76 Å². The standard InChI is InChI=1S/C21H19BrN2O3/c22-18-5-2-1-4-16(18)9-12-20(25)23-14-15-7-10-17(11-8-15)24-21(26)19-6-3-13-27-19/h1-8,10-11,13H,9,12,14H2,(H,23,25)(H,24,26). The highest BCUT2D eigenvalue weighted by Gasteiger charge is 2.09. The Morgan fingerprint density at radius 1 is 0.963 bits per heavy atom. The lowest BCUT2D eigenvalue weighted by molar-refractivity contribution is -0.121. The number of hydrogen-bond donors (Lipinski definition) is 2. The van der Waals surface area contributed by atoms with Gasteiger partial charge in [0.25, 0.3) is 5.91 Å². The highest BCUT2D eigenvalue weighted by Crippen LogP contribution is 2.17. The monoisotopic (exact) mass is 426 g/mol. The van der Waals surface area contributed by atoms with E-state index < -0.39 is 0 Å². The molecule has 0 atom stereocenters. The summed E-state index contributed by atoms with van der Waals surface area (Å²) >= 11 is 3.49. The summed E-state index contributed by atoms with van der Waals surface area (Å²) in [6.07, 6.45) is 2.57. The number of benzene rings is 2. The van der Waals surface area contributed by atoms with Crippen molar-refractivity contribution in [2.75, 3.05) is 5.32 Å². The summed E-state index contributed by atoms with van der Waals surface area (Å²) in [5.74, 6) is -0.0366. The number of carbonyl (C=O) groups is 2. The van der Waals surface area contributed by atoms with Crippen LogP contribution in [-0.4, -0.2) is 11.8 Å². The van der Waals surface area contributed by atoms with Crippen LogP contribution in [0, 0.1) is 0 Å². The van der Waals surface area contributed by atoms with E-state index in [4.69, 9.17) is 4.42 Å². The van der Waals surface area contributed by atoms with Gasteiger partial charge in [-0.2, -0.15) is 0 Å². The molecule has 0 radical (unpaired) electrons. The first-order valence-electron chi connectivity index (χ1n) is 8.56. The Morgan fingerprint density at radius 3 is 2.44 bits per heavy atom. The molecule has 6 heteroatoms. The van der Waals surface area contributed by atoms with Gasteiger partial charge in [0.05, 0.1) is 6.26 Å². The van der Waals surface area contributed by atoms with Crippen LogP contribution >= 0.6 is 15.9 Å². The van der Waals surface area contributed by atoms with Crippen molar-refractivity contribution in [3.05, 3.63) is 88.3 Å². The Morgan fingerprint density at radius 2 is 1.74 bits per heavy atom. The molecule has 0 saturated heterocycles. The second-order valence-electron chi connectivity index (χ2n) is 6.00. The Labute approximate surface area is 165 Å². The molecule has 2 aromatic carbocycles. The van der Waals surface area contributed by atoms with E-state index in [-0.39, 0.29) is 17.6 Å². The second kappa shape index (κ2) is 9.19. The molecule has 0 aliphatic rings. The maximum Gasteiger partial charge on any atom is 0.291 e. The molecule has 5 nitrogen and oxygen atoms in total. The molecular weight excluding hydrogens is 408 g/mol. The SMILES string of the molecule is O=C(CCc1ccccc1Br)NCc1ccc(NC(=O)c2ccco2)cc1. The molecule has 0 saturated carbocycles. The average Bonchev–Trinajstić information content (AvgIpc) is 3.22. The lowest BCUT2D eigenvalue weighted by Crippen LogP contribution is -2.23. The zero-order valence-electron chi connectivity index (χ0n) is 14.6. The molecule has 27 heavy (non-hydrogen) atoms. The third kappa shape index (κ3) is 5.56. The van der Waals surface area contributed by atoms with Crippen molar-refractivity contribution < 1.29 is 14.0 Å². The minimum Gasteiger partial charge on any atom is -0.459 e. The Bertz CT molecular complexity index is 905. The molecule has 0 unspecified atom stereocenters. The number of anilines is 1. The Kier molecular flexibility index (Phi) is 6.44. The Hall–Kier alpha value is -2.86. The lowest BCUT2D eigenvalue weighted by Gasteiger charge is -2.08. The van der Waals surface area contributed by atoms with Gasteiger partial charge in [0.1, 0.15) is 0 Å². The van der Waals surface area contributed by atoms with Crippen molar-refractivity contribution in [2.24, 2.45) is 0 Å². The van der Waals surface area contributed by atoms with E-state index in [0.717, 1.165) is 15.6 Å². The molecule has 0 fully saturated rings. The van der Waals surface area contributed by atoms with Crippen LogP contribution in [0.2, 0.25) is 0 Å². The lowest BCUT2D eigenvalue weighted by atomic mass is 10.1. The summed E-state index contributed by atoms with van der Waals surface area (Å²) in [5, 5.41) is 5.67. The maximum atomic E-state index is 12.1. The molecule has 2 N–H and O–H groups in total. The number of aryl methyl sites for hydroxylation is 1. The number of amides is 2. The molecule has 3 aromatic rings. The van der Waals surface area contributed by atoms with Gasteiger partial charge < -0.3 is 15.1 Å². The quantitative estimate of drug-likeness (QED) is 0.582. The van der Waals surface area contributed by atoms with Crippen molar-refractivity contribution in [3.8, 4) is 0 Å². The van der Waals surface area contributed by atoms with Gasteiger partial charge in [-0.25, -0.2) is 0 Å². The molecule has 0 aliphatic carbocycles. The van der Waals surface area contributed by atoms with Gasteiger partial charge >= 0.3 is 0 Å². The number of nitrogens with one attached hydrogen (secondary N) is 2. The first-order chi connectivity index (χ1) is 13.1. The largest absolute Gasteiger partial charge is 0.459 e. The molecule has 1 heterocycles. The van der Waals surface area contributed by atoms with Crippen LogP contribution in [0.4, 0.5) is 5.69 Å². The normalized spacial score (nSPS) is 10.4. The van der Waals surface area contributed by atoms with Crippen molar-refractivity contribution in [2.45, 2.75) is 19.4 Å². The fourth-order valence-electron chi connectivity index (χ4n) is 2.54. The topological polar surface area (TPSA) is 71.3 Å². The smallest absolute Gasteiger partial charge is 0.291 e. The van der Waals surface area contributed by atoms with Crippen LogP contribution in [0.15, 0.2) is 75.8 Å². The number of carbonyl (C=O) groups excluding carboxylic acids is 2. The van der Waals surface area contributed by atoms with Gasteiger partial charge in [-0.3, -0.25) is 9.59 Å². The van der Waals surface area contributed by atoms with E-state index in [1.54, 1.807) is 24.3 Å². The first-order valence-corrected chi connectivity index (χ1v) is 9.35. The number of halogens is 1. The van der Waals surface area contributed by atoms with Gasteiger partial charge in [-0.15, -0.1) is 0 Å². The summed E-state index contributed by atoms with van der Waals surface area (Å²) in [7, 11) is 0. The van der Waals surface area contributed by atoms with Crippen LogP contribution in [0.3, 0.4) is 0 Å². The highest BCUT2D eigenvalue weighted by atomic mass is 79.9. The molecule has 0 bridgehead atoms. The van der Waals surface area contributed by atoms with E-state index in [1.807, 2.05) is 36.4 Å². The molecule has 0 spiro atoms. The van der Waals surface area contributed by atoms with Crippen LogP contribution in [-0.2, 0) is 17.8 Å². The summed E-state index contributed by atoms with van der Waals surface area (Å²) in [6.45, 7) is 0.446. The average molecular weight is 427 g/mol. The summed E-state index contributed by atoms with van der Waals surface area (Å²) in [5.41, 5.74) is 2.74. The third-order valence-electron chi connectivity index (χ3n) is 4.03. The van der Waals surface area contributed by atoms with E-state index in [0.29, 0.717) is 25.1 Å². The van der Waals surface area contributed by atoms with E-state index >= 15 is 0 Å². The number of furan rings is 1. The van der Waals surface area contributed by atoms with E-state index in [1.165, 1.54) is 6.26 Å². The minimum atomic E-state index is -0.298. The van der Waals surface area contributed by atoms with Crippen molar-refractivity contribution in [3.63, 3.8) is 0 Å². The van der Waals surface area contributed by atoms with E-state index in [2.05, 4.69) is 26.6 Å². The van der Waals surface area contributed by atoms with E-state index in [9.17, 15) is 9.59 Å².